The number of fused-ring (bicyclic) bond motifs is 5. The molecule has 1 aromatic heterocycles. The van der Waals surface area contributed by atoms with E-state index >= 15 is 0 Å². The van der Waals surface area contributed by atoms with Gasteiger partial charge in [0, 0.05) is 22.1 Å². The van der Waals surface area contributed by atoms with Crippen LogP contribution in [0.1, 0.15) is 36.8 Å². The van der Waals surface area contributed by atoms with Crippen LogP contribution in [0.5, 0.6) is 0 Å². The van der Waals surface area contributed by atoms with Gasteiger partial charge in [0.15, 0.2) is 17.5 Å². The fourth-order valence-corrected chi connectivity index (χ4v) is 11.1. The average Bonchev–Trinajstić information content (AvgIpc) is 3.96. The lowest BCUT2D eigenvalue weighted by Crippen LogP contribution is -2.20. The van der Waals surface area contributed by atoms with Crippen molar-refractivity contribution in [1.29, 1.82) is 0 Å². The van der Waals surface area contributed by atoms with Gasteiger partial charge in [0.1, 0.15) is 0 Å². The Labute approximate surface area is 366 Å². The lowest BCUT2D eigenvalue weighted by Gasteiger charge is -2.27. The van der Waals surface area contributed by atoms with Gasteiger partial charge in [0.05, 0.1) is 0 Å². The van der Waals surface area contributed by atoms with Crippen LogP contribution in [-0.4, -0.2) is 15.0 Å². The Bertz CT molecular complexity index is 3530. The van der Waals surface area contributed by atoms with Crippen molar-refractivity contribution in [3.8, 4) is 78.7 Å². The molecule has 63 heavy (non-hydrogen) atoms. The molecular weight excluding hydrogens is 763 g/mol. The second-order valence-corrected chi connectivity index (χ2v) is 17.4. The summed E-state index contributed by atoms with van der Waals surface area (Å²) >= 11 is 0. The molecule has 2 aliphatic rings. The molecule has 0 saturated heterocycles. The summed E-state index contributed by atoms with van der Waals surface area (Å²) in [6.07, 6.45) is 4.68. The van der Waals surface area contributed by atoms with Crippen LogP contribution in [0.2, 0.25) is 0 Å². The molecule has 0 atom stereocenters. The van der Waals surface area contributed by atoms with E-state index in [9.17, 15) is 0 Å². The van der Waals surface area contributed by atoms with Gasteiger partial charge in [-0.25, -0.2) is 15.0 Å². The highest BCUT2D eigenvalue weighted by Gasteiger charge is 2.45. The molecule has 0 aliphatic heterocycles. The first-order chi connectivity index (χ1) is 31.2. The van der Waals surface area contributed by atoms with Gasteiger partial charge in [-0.15, -0.1) is 0 Å². The Hall–Kier alpha value is -7.75. The largest absolute Gasteiger partial charge is 0.208 e. The molecule has 0 amide bonds. The fourth-order valence-electron chi connectivity index (χ4n) is 11.1. The molecule has 0 radical (unpaired) electrons. The molecule has 3 nitrogen and oxygen atoms in total. The Morgan fingerprint density at radius 1 is 0.302 bits per heavy atom. The van der Waals surface area contributed by atoms with Crippen LogP contribution in [0.3, 0.4) is 0 Å². The zero-order chi connectivity index (χ0) is 41.5. The molecule has 3 heteroatoms. The molecule has 2 aliphatic carbocycles. The maximum absolute atomic E-state index is 5.34. The number of benzene rings is 10. The minimum atomic E-state index is -0.0632. The van der Waals surface area contributed by atoms with Crippen LogP contribution in [0.15, 0.2) is 200 Å². The van der Waals surface area contributed by atoms with E-state index in [1.54, 1.807) is 0 Å². The molecule has 11 aromatic rings. The second kappa shape index (κ2) is 14.2. The maximum Gasteiger partial charge on any atom is 0.164 e. The van der Waals surface area contributed by atoms with Gasteiger partial charge in [-0.1, -0.05) is 201 Å². The highest BCUT2D eigenvalue weighted by molar-refractivity contribution is 6.25. The third-order valence-corrected chi connectivity index (χ3v) is 14.1. The molecule has 13 rings (SSSR count). The van der Waals surface area contributed by atoms with E-state index in [0.717, 1.165) is 46.2 Å². The molecule has 1 fully saturated rings. The molecule has 296 valence electrons. The van der Waals surface area contributed by atoms with Crippen molar-refractivity contribution in [1.82, 2.24) is 15.0 Å². The maximum atomic E-state index is 5.34. The fraction of sp³-hybridized carbons (Fsp3) is 0.0833. The molecule has 0 unspecified atom stereocenters. The van der Waals surface area contributed by atoms with Crippen molar-refractivity contribution in [3.05, 3.63) is 211 Å². The van der Waals surface area contributed by atoms with E-state index in [2.05, 4.69) is 200 Å². The van der Waals surface area contributed by atoms with Crippen LogP contribution in [0.25, 0.3) is 111 Å². The molecule has 10 aromatic carbocycles. The van der Waals surface area contributed by atoms with Crippen molar-refractivity contribution in [2.75, 3.05) is 0 Å². The van der Waals surface area contributed by atoms with Crippen molar-refractivity contribution in [2.24, 2.45) is 0 Å². The number of nitrogens with zero attached hydrogens (tertiary/aromatic N) is 3. The van der Waals surface area contributed by atoms with Crippen molar-refractivity contribution in [2.45, 2.75) is 31.1 Å². The predicted octanol–water partition coefficient (Wildman–Crippen LogP) is 15.6. The van der Waals surface area contributed by atoms with Gasteiger partial charge >= 0.3 is 0 Å². The average molecular weight is 804 g/mol. The summed E-state index contributed by atoms with van der Waals surface area (Å²) in [7, 11) is 0. The van der Waals surface area contributed by atoms with Crippen LogP contribution >= 0.6 is 0 Å². The van der Waals surface area contributed by atoms with Crippen LogP contribution in [0.4, 0.5) is 0 Å². The van der Waals surface area contributed by atoms with Crippen LogP contribution in [-0.2, 0) is 5.41 Å². The summed E-state index contributed by atoms with van der Waals surface area (Å²) in [4.78, 5) is 15.9. The SMILES string of the molecule is c1ccc(-c2ccc(-c3nc(-c4ccc5c(c4)C4(CCCC4)c4cc(-c6ccc7ccc8cccc9ccc6c7c89)ccc4-5)nc(-c4ccccc4-c4ccccc4)n3)cc2)cc1. The van der Waals surface area contributed by atoms with E-state index in [-0.39, 0.29) is 5.41 Å². The zero-order valence-corrected chi connectivity index (χ0v) is 34.7. The highest BCUT2D eigenvalue weighted by atomic mass is 15.0. The van der Waals surface area contributed by atoms with Crippen LogP contribution < -0.4 is 0 Å². The lowest BCUT2D eigenvalue weighted by atomic mass is 9.75. The van der Waals surface area contributed by atoms with Crippen molar-refractivity contribution < 1.29 is 0 Å². The van der Waals surface area contributed by atoms with Crippen molar-refractivity contribution >= 4 is 32.3 Å². The molecule has 0 N–H and O–H groups in total. The van der Waals surface area contributed by atoms with Gasteiger partial charge in [0.25, 0.3) is 0 Å². The summed E-state index contributed by atoms with van der Waals surface area (Å²) in [5, 5.41) is 7.93. The smallest absolute Gasteiger partial charge is 0.164 e. The summed E-state index contributed by atoms with van der Waals surface area (Å²) in [5.41, 5.74) is 15.6. The van der Waals surface area contributed by atoms with E-state index < -0.39 is 0 Å². The van der Waals surface area contributed by atoms with Gasteiger partial charge in [-0.2, -0.15) is 0 Å². The van der Waals surface area contributed by atoms with Gasteiger partial charge in [0.2, 0.25) is 0 Å². The molecule has 1 heterocycles. The number of aromatic nitrogens is 3. The summed E-state index contributed by atoms with van der Waals surface area (Å²) in [6.45, 7) is 0. The third-order valence-electron chi connectivity index (χ3n) is 14.1. The van der Waals surface area contributed by atoms with Gasteiger partial charge < -0.3 is 0 Å². The second-order valence-electron chi connectivity index (χ2n) is 17.4. The quantitative estimate of drug-likeness (QED) is 0.157. The molecule has 1 saturated carbocycles. The van der Waals surface area contributed by atoms with Crippen LogP contribution in [0, 0.1) is 0 Å². The Morgan fingerprint density at radius 3 is 1.51 bits per heavy atom. The monoisotopic (exact) mass is 803 g/mol. The summed E-state index contributed by atoms with van der Waals surface area (Å²) < 4.78 is 0. The molecular formula is C60H41N3. The molecule has 1 spiro atoms. The molecule has 0 bridgehead atoms. The lowest BCUT2D eigenvalue weighted by molar-refractivity contribution is 0.550. The minimum Gasteiger partial charge on any atom is -0.208 e. The third kappa shape index (κ3) is 5.70. The zero-order valence-electron chi connectivity index (χ0n) is 34.7. The van der Waals surface area contributed by atoms with Crippen molar-refractivity contribution in [3.63, 3.8) is 0 Å². The first-order valence-electron chi connectivity index (χ1n) is 22.2. The standard InChI is InChI=1S/C60H41N3/c1-3-12-38(13-4-1)39-20-24-44(25-21-39)57-61-58(63-59(62-57)52-19-8-7-18-47(52)40-14-5-2-6-15-40)46-29-32-50-49-31-28-45(36-53(49)60(54(50)37-46)34-9-10-35-60)48-30-26-43-23-22-41-16-11-17-42-27-33-51(48)56(43)55(41)42/h1-8,11-33,36-37H,9-10,34-35H2. The van der Waals surface area contributed by atoms with Gasteiger partial charge in [-0.05, 0) is 113 Å². The predicted molar refractivity (Wildman–Crippen MR) is 261 cm³/mol. The topological polar surface area (TPSA) is 38.7 Å². The Balaban J connectivity index is 0.950. The normalized spacial score (nSPS) is 13.9. The summed E-state index contributed by atoms with van der Waals surface area (Å²) in [5.74, 6) is 2.01. The Morgan fingerprint density at radius 2 is 0.794 bits per heavy atom. The minimum absolute atomic E-state index is 0.0632. The number of rotatable bonds is 6. The number of hydrogen-bond donors (Lipinski definition) is 0. The highest BCUT2D eigenvalue weighted by Crippen LogP contribution is 2.58. The first-order valence-corrected chi connectivity index (χ1v) is 22.2. The van der Waals surface area contributed by atoms with E-state index in [1.165, 1.54) is 84.1 Å². The number of hydrogen-bond acceptors (Lipinski definition) is 3. The van der Waals surface area contributed by atoms with E-state index in [4.69, 9.17) is 15.0 Å². The van der Waals surface area contributed by atoms with E-state index in [0.29, 0.717) is 17.5 Å². The Kier molecular flexibility index (Phi) is 8.08. The van der Waals surface area contributed by atoms with E-state index in [1.807, 2.05) is 0 Å². The van der Waals surface area contributed by atoms with Gasteiger partial charge in [-0.3, -0.25) is 0 Å². The summed E-state index contributed by atoms with van der Waals surface area (Å²) in [6, 6.07) is 72.9. The first kappa shape index (κ1) is 36.0.